The second-order valence-electron chi connectivity index (χ2n) is 7.71. The minimum absolute atomic E-state index is 0.107. The van der Waals surface area contributed by atoms with Crippen LogP contribution in [0.1, 0.15) is 35.6 Å². The van der Waals surface area contributed by atoms with Gasteiger partial charge in [-0.05, 0) is 55.3 Å². The number of piperidine rings is 1. The normalized spacial score (nSPS) is 19.2. The summed E-state index contributed by atoms with van der Waals surface area (Å²) in [6.07, 6.45) is -2.45. The molecule has 3 nitrogen and oxygen atoms in total. The first-order chi connectivity index (χ1) is 15.0. The molecule has 1 fully saturated rings. The zero-order valence-corrected chi connectivity index (χ0v) is 17.0. The minimum Gasteiger partial charge on any atom is -0.457 e. The van der Waals surface area contributed by atoms with E-state index < -0.39 is 11.7 Å². The summed E-state index contributed by atoms with van der Waals surface area (Å²) in [6, 6.07) is 23.1. The fourth-order valence-corrected chi connectivity index (χ4v) is 3.97. The Morgan fingerprint density at radius 1 is 0.935 bits per heavy atom. The Balaban J connectivity index is 1.56. The Morgan fingerprint density at radius 2 is 1.65 bits per heavy atom. The summed E-state index contributed by atoms with van der Waals surface area (Å²) in [6.45, 7) is 1.20. The Labute approximate surface area is 180 Å². The molecule has 1 heterocycles. The maximum absolute atomic E-state index is 13.3. The highest BCUT2D eigenvalue weighted by molar-refractivity contribution is 5.41. The van der Waals surface area contributed by atoms with Gasteiger partial charge in [0.05, 0.1) is 5.56 Å². The van der Waals surface area contributed by atoms with Crippen LogP contribution in [0.15, 0.2) is 78.9 Å². The molecular formula is C25H25F3N2O. The fraction of sp³-hybridized carbons (Fsp3) is 0.280. The molecule has 0 aliphatic carbocycles. The summed E-state index contributed by atoms with van der Waals surface area (Å²) in [5.74, 6) is 1.01. The van der Waals surface area contributed by atoms with Crippen LogP contribution >= 0.6 is 0 Å². The van der Waals surface area contributed by atoms with E-state index in [1.54, 1.807) is 12.1 Å². The number of benzene rings is 3. The number of hydrogen-bond acceptors (Lipinski definition) is 3. The Bertz CT molecular complexity index is 977. The highest BCUT2D eigenvalue weighted by atomic mass is 19.4. The fourth-order valence-electron chi connectivity index (χ4n) is 3.97. The van der Waals surface area contributed by atoms with Crippen molar-refractivity contribution in [3.63, 3.8) is 0 Å². The van der Waals surface area contributed by atoms with Gasteiger partial charge < -0.3 is 15.4 Å². The lowest BCUT2D eigenvalue weighted by atomic mass is 9.92. The lowest BCUT2D eigenvalue weighted by Gasteiger charge is -2.34. The van der Waals surface area contributed by atoms with Crippen molar-refractivity contribution in [2.75, 3.05) is 6.54 Å². The highest BCUT2D eigenvalue weighted by Gasteiger charge is 2.32. The summed E-state index contributed by atoms with van der Waals surface area (Å²) < 4.78 is 45.9. The van der Waals surface area contributed by atoms with E-state index in [1.807, 2.05) is 36.4 Å². The minimum atomic E-state index is -4.40. The van der Waals surface area contributed by atoms with Gasteiger partial charge in [-0.1, -0.05) is 48.5 Å². The van der Waals surface area contributed by atoms with Crippen LogP contribution in [0.3, 0.4) is 0 Å². The SMILES string of the molecule is FC(F)(F)c1ccc(Oc2ccccc2)c(CN[C@H]2CCCN[C@H]2c2ccccc2)c1. The van der Waals surface area contributed by atoms with Gasteiger partial charge >= 0.3 is 6.18 Å². The van der Waals surface area contributed by atoms with Crippen LogP contribution in [0.5, 0.6) is 11.5 Å². The molecule has 31 heavy (non-hydrogen) atoms. The maximum Gasteiger partial charge on any atom is 0.416 e. The van der Waals surface area contributed by atoms with E-state index >= 15 is 0 Å². The van der Waals surface area contributed by atoms with Gasteiger partial charge in [-0.3, -0.25) is 0 Å². The predicted molar refractivity (Wildman–Crippen MR) is 115 cm³/mol. The average molecular weight is 426 g/mol. The molecule has 1 aliphatic rings. The number of halogens is 3. The second-order valence-corrected chi connectivity index (χ2v) is 7.71. The first-order valence-electron chi connectivity index (χ1n) is 10.5. The van der Waals surface area contributed by atoms with E-state index in [9.17, 15) is 13.2 Å². The number of nitrogens with one attached hydrogen (secondary N) is 2. The number of hydrogen-bond donors (Lipinski definition) is 2. The maximum atomic E-state index is 13.3. The monoisotopic (exact) mass is 426 g/mol. The van der Waals surface area contributed by atoms with Crippen molar-refractivity contribution in [1.82, 2.24) is 10.6 Å². The molecule has 3 aromatic rings. The number of alkyl halides is 3. The second kappa shape index (κ2) is 9.54. The van der Waals surface area contributed by atoms with Gasteiger partial charge in [-0.15, -0.1) is 0 Å². The zero-order chi connectivity index (χ0) is 21.7. The van der Waals surface area contributed by atoms with Gasteiger partial charge in [0, 0.05) is 24.2 Å². The molecule has 3 aromatic carbocycles. The van der Waals surface area contributed by atoms with Crippen molar-refractivity contribution in [2.24, 2.45) is 0 Å². The summed E-state index contributed by atoms with van der Waals surface area (Å²) in [5.41, 5.74) is 0.978. The van der Waals surface area contributed by atoms with E-state index in [4.69, 9.17) is 4.74 Å². The quantitative estimate of drug-likeness (QED) is 0.501. The van der Waals surface area contributed by atoms with Crippen molar-refractivity contribution >= 4 is 0 Å². The largest absolute Gasteiger partial charge is 0.457 e. The van der Waals surface area contributed by atoms with Gasteiger partial charge in [0.1, 0.15) is 11.5 Å². The molecule has 0 unspecified atom stereocenters. The smallest absolute Gasteiger partial charge is 0.416 e. The molecule has 6 heteroatoms. The van der Waals surface area contributed by atoms with Gasteiger partial charge in [0.2, 0.25) is 0 Å². The molecule has 1 aliphatic heterocycles. The van der Waals surface area contributed by atoms with Crippen molar-refractivity contribution in [2.45, 2.75) is 37.6 Å². The van der Waals surface area contributed by atoms with E-state index in [-0.39, 0.29) is 18.6 Å². The van der Waals surface area contributed by atoms with Crippen molar-refractivity contribution in [1.29, 1.82) is 0 Å². The van der Waals surface area contributed by atoms with Crippen LogP contribution in [-0.4, -0.2) is 12.6 Å². The predicted octanol–water partition coefficient (Wildman–Crippen LogP) is 6.08. The van der Waals surface area contributed by atoms with Crippen LogP contribution < -0.4 is 15.4 Å². The summed E-state index contributed by atoms with van der Waals surface area (Å²) in [4.78, 5) is 0. The molecule has 0 radical (unpaired) electrons. The van der Waals surface area contributed by atoms with Crippen LogP contribution in [0, 0.1) is 0 Å². The third-order valence-electron chi connectivity index (χ3n) is 5.53. The van der Waals surface area contributed by atoms with Gasteiger partial charge in [0.25, 0.3) is 0 Å². The number of ether oxygens (including phenoxy) is 1. The molecule has 4 rings (SSSR count). The third-order valence-corrected chi connectivity index (χ3v) is 5.53. The summed E-state index contributed by atoms with van der Waals surface area (Å²) in [5, 5.41) is 7.02. The Kier molecular flexibility index (Phi) is 6.59. The number of para-hydroxylation sites is 1. The molecular weight excluding hydrogens is 401 g/mol. The van der Waals surface area contributed by atoms with Gasteiger partial charge in [0.15, 0.2) is 0 Å². The van der Waals surface area contributed by atoms with Crippen LogP contribution in [0.4, 0.5) is 13.2 Å². The topological polar surface area (TPSA) is 33.3 Å². The molecule has 2 atom stereocenters. The Morgan fingerprint density at radius 3 is 2.35 bits per heavy atom. The van der Waals surface area contributed by atoms with Crippen LogP contribution in [0.25, 0.3) is 0 Å². The summed E-state index contributed by atoms with van der Waals surface area (Å²) >= 11 is 0. The highest BCUT2D eigenvalue weighted by Crippen LogP contribution is 2.34. The molecule has 162 valence electrons. The Hall–Kier alpha value is -2.83. The molecule has 0 saturated carbocycles. The molecule has 0 amide bonds. The van der Waals surface area contributed by atoms with Crippen LogP contribution in [0.2, 0.25) is 0 Å². The first-order valence-corrected chi connectivity index (χ1v) is 10.5. The first kappa shape index (κ1) is 21.4. The van der Waals surface area contributed by atoms with E-state index in [2.05, 4.69) is 22.8 Å². The van der Waals surface area contributed by atoms with Crippen molar-refractivity contribution in [3.8, 4) is 11.5 Å². The molecule has 1 saturated heterocycles. The van der Waals surface area contributed by atoms with Gasteiger partial charge in [-0.2, -0.15) is 13.2 Å². The van der Waals surface area contributed by atoms with Gasteiger partial charge in [-0.25, -0.2) is 0 Å². The molecule has 2 N–H and O–H groups in total. The van der Waals surface area contributed by atoms with E-state index in [0.717, 1.165) is 25.5 Å². The summed E-state index contributed by atoms with van der Waals surface area (Å²) in [7, 11) is 0. The van der Waals surface area contributed by atoms with Crippen molar-refractivity contribution in [3.05, 3.63) is 95.6 Å². The molecule has 0 aromatic heterocycles. The molecule has 0 spiro atoms. The van der Waals surface area contributed by atoms with E-state index in [0.29, 0.717) is 17.1 Å². The molecule has 0 bridgehead atoms. The number of rotatable bonds is 6. The zero-order valence-electron chi connectivity index (χ0n) is 17.0. The van der Waals surface area contributed by atoms with Crippen LogP contribution in [-0.2, 0) is 12.7 Å². The van der Waals surface area contributed by atoms with E-state index in [1.165, 1.54) is 17.7 Å². The van der Waals surface area contributed by atoms with Crippen molar-refractivity contribution < 1.29 is 17.9 Å². The lowest BCUT2D eigenvalue weighted by Crippen LogP contribution is -2.45. The lowest BCUT2D eigenvalue weighted by molar-refractivity contribution is -0.137. The third kappa shape index (κ3) is 5.46. The standard InChI is InChI=1S/C25H25F3N2O/c26-25(27,28)20-13-14-23(31-21-10-5-2-6-11-21)19(16-20)17-30-22-12-7-15-29-24(22)18-8-3-1-4-9-18/h1-6,8-11,13-14,16,22,24,29-30H,7,12,15,17H2/t22-,24-/m0/s1. The average Bonchev–Trinajstić information content (AvgIpc) is 2.79.